The zero-order valence-electron chi connectivity index (χ0n) is 8.76. The molecule has 1 rings (SSSR count). The maximum absolute atomic E-state index is 5.51. The molecule has 0 aromatic heterocycles. The number of halogens is 1. The molecule has 1 aromatic carbocycles. The number of aryl methyl sites for hydroxylation is 1. The fourth-order valence-electron chi connectivity index (χ4n) is 1.42. The Morgan fingerprint density at radius 2 is 2.14 bits per heavy atom. The highest BCUT2D eigenvalue weighted by Gasteiger charge is 2.04. The van der Waals surface area contributed by atoms with Crippen LogP contribution in [-0.4, -0.2) is 25.0 Å². The number of hydrogen-bond donors (Lipinski definition) is 1. The maximum atomic E-state index is 5.51. The highest BCUT2D eigenvalue weighted by Crippen LogP contribution is 2.17. The molecule has 78 valence electrons. The van der Waals surface area contributed by atoms with Crippen LogP contribution in [0.25, 0.3) is 0 Å². The molecule has 0 bridgehead atoms. The summed E-state index contributed by atoms with van der Waals surface area (Å²) < 4.78 is 1.37. The van der Waals surface area contributed by atoms with E-state index in [-0.39, 0.29) is 0 Å². The van der Waals surface area contributed by atoms with Crippen LogP contribution in [0.15, 0.2) is 18.2 Å². The Bertz CT molecular complexity index is 299. The van der Waals surface area contributed by atoms with E-state index in [1.165, 1.54) is 14.7 Å². The highest BCUT2D eigenvalue weighted by atomic mass is 127. The van der Waals surface area contributed by atoms with E-state index >= 15 is 0 Å². The number of nitrogens with zero attached hydrogens (tertiary/aromatic N) is 1. The van der Waals surface area contributed by atoms with Crippen molar-refractivity contribution in [3.63, 3.8) is 0 Å². The Morgan fingerprint density at radius 3 is 2.79 bits per heavy atom. The van der Waals surface area contributed by atoms with Gasteiger partial charge in [0.25, 0.3) is 0 Å². The van der Waals surface area contributed by atoms with E-state index in [2.05, 4.69) is 59.7 Å². The molecule has 3 heteroatoms. The molecular weight excluding hydrogens is 287 g/mol. The number of hydrogen-bond acceptors (Lipinski definition) is 2. The lowest BCUT2D eigenvalue weighted by atomic mass is 10.1. The summed E-state index contributed by atoms with van der Waals surface area (Å²) in [4.78, 5) is 2.25. The second-order valence-corrected chi connectivity index (χ2v) is 4.65. The van der Waals surface area contributed by atoms with Gasteiger partial charge in [0, 0.05) is 23.2 Å². The molecule has 14 heavy (non-hydrogen) atoms. The fraction of sp³-hybridized carbons (Fsp3) is 0.455. The van der Waals surface area contributed by atoms with Crippen molar-refractivity contribution in [1.82, 2.24) is 4.90 Å². The van der Waals surface area contributed by atoms with E-state index in [9.17, 15) is 0 Å². The second kappa shape index (κ2) is 5.68. The topological polar surface area (TPSA) is 29.3 Å². The Morgan fingerprint density at radius 1 is 1.43 bits per heavy atom. The molecule has 0 heterocycles. The summed E-state index contributed by atoms with van der Waals surface area (Å²) >= 11 is 2.41. The smallest absolute Gasteiger partial charge is 0.0241 e. The van der Waals surface area contributed by atoms with Crippen molar-refractivity contribution >= 4 is 22.6 Å². The van der Waals surface area contributed by atoms with Gasteiger partial charge in [-0.1, -0.05) is 18.2 Å². The van der Waals surface area contributed by atoms with Crippen LogP contribution in [0, 0.1) is 10.5 Å². The van der Waals surface area contributed by atoms with Crippen molar-refractivity contribution in [3.8, 4) is 0 Å². The van der Waals surface area contributed by atoms with Crippen molar-refractivity contribution in [2.45, 2.75) is 13.5 Å². The summed E-state index contributed by atoms with van der Waals surface area (Å²) in [5, 5.41) is 0. The van der Waals surface area contributed by atoms with Gasteiger partial charge in [-0.3, -0.25) is 0 Å². The average molecular weight is 304 g/mol. The van der Waals surface area contributed by atoms with Gasteiger partial charge in [0.2, 0.25) is 0 Å². The van der Waals surface area contributed by atoms with Crippen LogP contribution in [-0.2, 0) is 6.54 Å². The van der Waals surface area contributed by atoms with Crippen LogP contribution >= 0.6 is 22.6 Å². The van der Waals surface area contributed by atoms with Crippen LogP contribution in [0.1, 0.15) is 11.1 Å². The summed E-state index contributed by atoms with van der Waals surface area (Å²) in [6, 6.07) is 6.44. The van der Waals surface area contributed by atoms with Gasteiger partial charge >= 0.3 is 0 Å². The first-order valence-electron chi connectivity index (χ1n) is 4.77. The van der Waals surface area contributed by atoms with Gasteiger partial charge in [-0.25, -0.2) is 0 Å². The quantitative estimate of drug-likeness (QED) is 0.862. The van der Waals surface area contributed by atoms with Crippen molar-refractivity contribution < 1.29 is 0 Å². The van der Waals surface area contributed by atoms with Crippen LogP contribution in [0.3, 0.4) is 0 Å². The van der Waals surface area contributed by atoms with Gasteiger partial charge in [-0.2, -0.15) is 0 Å². The molecule has 0 radical (unpaired) electrons. The van der Waals surface area contributed by atoms with Gasteiger partial charge in [0.1, 0.15) is 0 Å². The number of rotatable bonds is 4. The highest BCUT2D eigenvalue weighted by molar-refractivity contribution is 14.1. The molecule has 0 aliphatic rings. The minimum atomic E-state index is 0.721. The largest absolute Gasteiger partial charge is 0.329 e. The Labute approximate surface area is 99.6 Å². The fourth-order valence-corrected chi connectivity index (χ4v) is 1.95. The normalized spacial score (nSPS) is 10.9. The van der Waals surface area contributed by atoms with Crippen LogP contribution in [0.4, 0.5) is 0 Å². The van der Waals surface area contributed by atoms with Gasteiger partial charge < -0.3 is 10.6 Å². The van der Waals surface area contributed by atoms with Crippen LogP contribution in [0.5, 0.6) is 0 Å². The number of nitrogens with two attached hydrogens (primary N) is 1. The van der Waals surface area contributed by atoms with E-state index in [0.717, 1.165) is 19.6 Å². The summed E-state index contributed by atoms with van der Waals surface area (Å²) in [7, 11) is 2.10. The third kappa shape index (κ3) is 3.22. The molecule has 0 saturated carbocycles. The third-order valence-corrected chi connectivity index (χ3v) is 3.77. The molecule has 0 fully saturated rings. The lowest BCUT2D eigenvalue weighted by Gasteiger charge is -2.17. The third-order valence-electron chi connectivity index (χ3n) is 2.22. The molecule has 0 atom stereocenters. The van der Waals surface area contributed by atoms with E-state index < -0.39 is 0 Å². The van der Waals surface area contributed by atoms with Crippen molar-refractivity contribution in [2.75, 3.05) is 20.1 Å². The standard InChI is InChI=1S/C11H17IN2/c1-9-4-3-5-10(11(9)12)8-14(2)7-6-13/h3-5H,6-8,13H2,1-2H3. The predicted octanol–water partition coefficient (Wildman–Crippen LogP) is 1.99. The zero-order valence-corrected chi connectivity index (χ0v) is 10.9. The average Bonchev–Trinajstić information content (AvgIpc) is 2.13. The number of likely N-dealkylation sites (N-methyl/N-ethyl adjacent to an activating group) is 1. The molecule has 2 nitrogen and oxygen atoms in total. The first-order valence-corrected chi connectivity index (χ1v) is 5.85. The molecule has 0 aliphatic carbocycles. The summed E-state index contributed by atoms with van der Waals surface area (Å²) in [5.41, 5.74) is 8.25. The summed E-state index contributed by atoms with van der Waals surface area (Å²) in [5.74, 6) is 0. The van der Waals surface area contributed by atoms with Crippen molar-refractivity contribution in [1.29, 1.82) is 0 Å². The first kappa shape index (κ1) is 11.9. The Hall–Kier alpha value is -0.130. The first-order chi connectivity index (χ1) is 6.65. The van der Waals surface area contributed by atoms with Crippen LogP contribution in [0.2, 0.25) is 0 Å². The minimum Gasteiger partial charge on any atom is -0.329 e. The Kier molecular flexibility index (Phi) is 4.84. The summed E-state index contributed by atoms with van der Waals surface area (Å²) in [6.45, 7) is 4.80. The molecule has 1 aromatic rings. The predicted molar refractivity (Wildman–Crippen MR) is 69.3 cm³/mol. The lowest BCUT2D eigenvalue weighted by Crippen LogP contribution is -2.25. The van der Waals surface area contributed by atoms with Gasteiger partial charge in [0.05, 0.1) is 0 Å². The van der Waals surface area contributed by atoms with E-state index in [1.54, 1.807) is 0 Å². The van der Waals surface area contributed by atoms with Crippen molar-refractivity contribution in [3.05, 3.63) is 32.9 Å². The minimum absolute atomic E-state index is 0.721. The molecule has 0 saturated heterocycles. The molecular formula is C11H17IN2. The van der Waals surface area contributed by atoms with Gasteiger partial charge in [-0.15, -0.1) is 0 Å². The molecule has 0 unspecified atom stereocenters. The summed E-state index contributed by atoms with van der Waals surface area (Å²) in [6.07, 6.45) is 0. The monoisotopic (exact) mass is 304 g/mol. The van der Waals surface area contributed by atoms with Crippen LogP contribution < -0.4 is 5.73 Å². The van der Waals surface area contributed by atoms with Gasteiger partial charge in [-0.05, 0) is 47.7 Å². The van der Waals surface area contributed by atoms with Gasteiger partial charge in [0.15, 0.2) is 0 Å². The number of benzene rings is 1. The maximum Gasteiger partial charge on any atom is 0.0241 e. The SMILES string of the molecule is Cc1cccc(CN(C)CCN)c1I. The molecule has 0 amide bonds. The van der Waals surface area contributed by atoms with E-state index in [4.69, 9.17) is 5.73 Å². The lowest BCUT2D eigenvalue weighted by molar-refractivity contribution is 0.335. The second-order valence-electron chi connectivity index (χ2n) is 3.57. The zero-order chi connectivity index (χ0) is 10.6. The molecule has 0 aliphatic heterocycles. The van der Waals surface area contributed by atoms with E-state index in [0.29, 0.717) is 0 Å². The van der Waals surface area contributed by atoms with E-state index in [1.807, 2.05) is 0 Å². The van der Waals surface area contributed by atoms with Crippen molar-refractivity contribution in [2.24, 2.45) is 5.73 Å². The molecule has 2 N–H and O–H groups in total. The molecule has 0 spiro atoms. The Balaban J connectivity index is 2.71.